The van der Waals surface area contributed by atoms with Crippen molar-refractivity contribution in [3.63, 3.8) is 0 Å². The van der Waals surface area contributed by atoms with E-state index in [2.05, 4.69) is 0 Å². The van der Waals surface area contributed by atoms with Gasteiger partial charge in [0.05, 0.1) is 11.3 Å². The molecule has 1 rings (SSSR count). The normalized spacial score (nSPS) is 10.1. The van der Waals surface area contributed by atoms with Gasteiger partial charge in [-0.2, -0.15) is 5.26 Å². The number of carbonyl (C=O) groups is 1. The summed E-state index contributed by atoms with van der Waals surface area (Å²) in [5.74, 6) is -0.382. The van der Waals surface area contributed by atoms with Crippen molar-refractivity contribution in [2.24, 2.45) is 5.73 Å². The number of primary amides is 1. The fourth-order valence-corrected chi connectivity index (χ4v) is 1.10. The first-order valence-corrected chi connectivity index (χ1v) is 4.38. The monoisotopic (exact) mass is 201 g/mol. The molecule has 0 heterocycles. The number of rotatable bonds is 3. The molecule has 4 heteroatoms. The molecule has 0 aliphatic rings. The van der Waals surface area contributed by atoms with Crippen molar-refractivity contribution in [2.75, 3.05) is 5.73 Å². The van der Waals surface area contributed by atoms with Crippen LogP contribution in [0.1, 0.15) is 17.5 Å². The van der Waals surface area contributed by atoms with Gasteiger partial charge in [0.2, 0.25) is 5.91 Å². The molecule has 1 aromatic carbocycles. The molecule has 0 saturated heterocycles. The van der Waals surface area contributed by atoms with Crippen LogP contribution >= 0.6 is 0 Å². The van der Waals surface area contributed by atoms with Crippen molar-refractivity contribution in [3.05, 3.63) is 35.4 Å². The van der Waals surface area contributed by atoms with Gasteiger partial charge >= 0.3 is 0 Å². The lowest BCUT2D eigenvalue weighted by molar-refractivity contribution is -0.117. The summed E-state index contributed by atoms with van der Waals surface area (Å²) < 4.78 is 0. The second-order valence-electron chi connectivity index (χ2n) is 3.03. The van der Waals surface area contributed by atoms with Gasteiger partial charge in [-0.3, -0.25) is 4.79 Å². The molecule has 0 saturated carbocycles. The lowest BCUT2D eigenvalue weighted by Crippen LogP contribution is -2.07. The zero-order valence-corrected chi connectivity index (χ0v) is 8.10. The number of anilines is 1. The van der Waals surface area contributed by atoms with Gasteiger partial charge in [0.1, 0.15) is 6.07 Å². The van der Waals surface area contributed by atoms with Crippen LogP contribution in [-0.2, 0) is 4.79 Å². The molecule has 0 bridgehead atoms. The maximum atomic E-state index is 10.5. The Morgan fingerprint density at radius 2 is 2.27 bits per heavy atom. The van der Waals surface area contributed by atoms with Gasteiger partial charge in [-0.1, -0.05) is 18.2 Å². The van der Waals surface area contributed by atoms with E-state index in [4.69, 9.17) is 16.7 Å². The van der Waals surface area contributed by atoms with E-state index in [1.807, 2.05) is 6.07 Å². The third kappa shape index (κ3) is 3.16. The molecule has 0 aliphatic carbocycles. The van der Waals surface area contributed by atoms with Gasteiger partial charge in [0, 0.05) is 6.42 Å². The van der Waals surface area contributed by atoms with Crippen LogP contribution in [0.4, 0.5) is 5.69 Å². The molecule has 4 nitrogen and oxygen atoms in total. The molecule has 0 unspecified atom stereocenters. The maximum Gasteiger partial charge on any atom is 0.221 e. The third-order valence-corrected chi connectivity index (χ3v) is 1.83. The quantitative estimate of drug-likeness (QED) is 0.715. The molecular weight excluding hydrogens is 190 g/mol. The molecule has 0 spiro atoms. The van der Waals surface area contributed by atoms with Gasteiger partial charge in [-0.05, 0) is 17.7 Å². The molecule has 15 heavy (non-hydrogen) atoms. The highest BCUT2D eigenvalue weighted by molar-refractivity contribution is 5.76. The number of nitrogens with zero attached hydrogens (tertiary/aromatic N) is 1. The highest BCUT2D eigenvalue weighted by atomic mass is 16.1. The van der Waals surface area contributed by atoms with E-state index in [0.717, 1.165) is 5.56 Å². The lowest BCUT2D eigenvalue weighted by Gasteiger charge is -1.98. The van der Waals surface area contributed by atoms with Crippen LogP contribution in [-0.4, -0.2) is 5.91 Å². The highest BCUT2D eigenvalue weighted by Gasteiger charge is 1.97. The molecule has 0 atom stereocenters. The summed E-state index contributed by atoms with van der Waals surface area (Å²) in [7, 11) is 0. The minimum atomic E-state index is -0.382. The second-order valence-corrected chi connectivity index (χ2v) is 3.03. The summed E-state index contributed by atoms with van der Waals surface area (Å²) in [6, 6.07) is 7.04. The number of amides is 1. The lowest BCUT2D eigenvalue weighted by atomic mass is 10.1. The predicted molar refractivity (Wildman–Crippen MR) is 58.4 cm³/mol. The fourth-order valence-electron chi connectivity index (χ4n) is 1.10. The van der Waals surface area contributed by atoms with Crippen molar-refractivity contribution in [3.8, 4) is 6.07 Å². The van der Waals surface area contributed by atoms with Crippen molar-refractivity contribution < 1.29 is 4.79 Å². The second kappa shape index (κ2) is 4.82. The van der Waals surface area contributed by atoms with Crippen LogP contribution < -0.4 is 11.5 Å². The number of benzene rings is 1. The molecule has 76 valence electrons. The van der Waals surface area contributed by atoms with Gasteiger partial charge < -0.3 is 11.5 Å². The molecule has 0 aliphatic heterocycles. The summed E-state index contributed by atoms with van der Waals surface area (Å²) in [6.45, 7) is 0. The molecule has 4 N–H and O–H groups in total. The minimum absolute atomic E-state index is 0.194. The van der Waals surface area contributed by atoms with E-state index in [1.54, 1.807) is 30.4 Å². The molecule has 0 aromatic heterocycles. The van der Waals surface area contributed by atoms with Crippen LogP contribution in [0.2, 0.25) is 0 Å². The fraction of sp³-hybridized carbons (Fsp3) is 0.0909. The molecule has 0 fully saturated rings. The van der Waals surface area contributed by atoms with E-state index in [1.165, 1.54) is 0 Å². The molecular formula is C11H11N3O. The minimum Gasteiger partial charge on any atom is -0.398 e. The average molecular weight is 201 g/mol. The van der Waals surface area contributed by atoms with E-state index in [0.29, 0.717) is 11.3 Å². The standard InChI is InChI=1S/C11H11N3O/c12-7-9-5-4-8(6-10(9)13)2-1-3-11(14)15/h1-2,4-6H,3,13H2,(H2,14,15). The van der Waals surface area contributed by atoms with Gasteiger partial charge in [0.25, 0.3) is 0 Å². The van der Waals surface area contributed by atoms with Crippen LogP contribution in [0.15, 0.2) is 24.3 Å². The number of hydrogen-bond acceptors (Lipinski definition) is 3. The number of nitrogen functional groups attached to an aromatic ring is 1. The summed E-state index contributed by atoms with van der Waals surface area (Å²) in [6.07, 6.45) is 3.59. The van der Waals surface area contributed by atoms with Gasteiger partial charge in [-0.15, -0.1) is 0 Å². The largest absolute Gasteiger partial charge is 0.398 e. The number of nitriles is 1. The van der Waals surface area contributed by atoms with Crippen molar-refractivity contribution >= 4 is 17.7 Å². The van der Waals surface area contributed by atoms with Crippen molar-refractivity contribution in [2.45, 2.75) is 6.42 Å². The summed E-state index contributed by atoms with van der Waals surface area (Å²) in [4.78, 5) is 10.5. The van der Waals surface area contributed by atoms with E-state index >= 15 is 0 Å². The van der Waals surface area contributed by atoms with Crippen molar-refractivity contribution in [1.29, 1.82) is 5.26 Å². The Bertz CT molecular complexity index is 444. The first-order chi connectivity index (χ1) is 7.13. The summed E-state index contributed by atoms with van der Waals surface area (Å²) in [5, 5.41) is 8.65. The van der Waals surface area contributed by atoms with E-state index < -0.39 is 0 Å². The summed E-state index contributed by atoms with van der Waals surface area (Å²) in [5.41, 5.74) is 12.3. The molecule has 1 amide bonds. The smallest absolute Gasteiger partial charge is 0.221 e. The average Bonchev–Trinajstić information content (AvgIpc) is 2.17. The zero-order chi connectivity index (χ0) is 11.3. The molecule has 1 aromatic rings. The third-order valence-electron chi connectivity index (χ3n) is 1.83. The van der Waals surface area contributed by atoms with Crippen LogP contribution in [0, 0.1) is 11.3 Å². The topological polar surface area (TPSA) is 92.9 Å². The van der Waals surface area contributed by atoms with Crippen LogP contribution in [0.5, 0.6) is 0 Å². The Morgan fingerprint density at radius 1 is 1.53 bits per heavy atom. The van der Waals surface area contributed by atoms with Gasteiger partial charge in [0.15, 0.2) is 0 Å². The Hall–Kier alpha value is -2.28. The summed E-state index contributed by atoms with van der Waals surface area (Å²) >= 11 is 0. The van der Waals surface area contributed by atoms with E-state index in [9.17, 15) is 4.79 Å². The maximum absolute atomic E-state index is 10.5. The molecule has 0 radical (unpaired) electrons. The number of nitrogens with two attached hydrogens (primary N) is 2. The predicted octanol–water partition coefficient (Wildman–Crippen LogP) is 1.03. The van der Waals surface area contributed by atoms with E-state index in [-0.39, 0.29) is 12.3 Å². The Labute approximate surface area is 87.8 Å². The Balaban J connectivity index is 2.81. The number of carbonyl (C=O) groups excluding carboxylic acids is 1. The van der Waals surface area contributed by atoms with Crippen LogP contribution in [0.25, 0.3) is 6.08 Å². The van der Waals surface area contributed by atoms with Crippen LogP contribution in [0.3, 0.4) is 0 Å². The Morgan fingerprint density at radius 3 is 2.80 bits per heavy atom. The first kappa shape index (κ1) is 10.8. The first-order valence-electron chi connectivity index (χ1n) is 4.38. The Kier molecular flexibility index (Phi) is 3.47. The SMILES string of the molecule is N#Cc1ccc(C=CCC(N)=O)cc1N. The zero-order valence-electron chi connectivity index (χ0n) is 8.10. The van der Waals surface area contributed by atoms with Crippen molar-refractivity contribution in [1.82, 2.24) is 0 Å². The van der Waals surface area contributed by atoms with Gasteiger partial charge in [-0.25, -0.2) is 0 Å². The highest BCUT2D eigenvalue weighted by Crippen LogP contribution is 2.14. The number of hydrogen-bond donors (Lipinski definition) is 2.